The van der Waals surface area contributed by atoms with Gasteiger partial charge in [-0.2, -0.15) is 9.97 Å². The number of ether oxygens (including phenoxy) is 3. The van der Waals surface area contributed by atoms with Gasteiger partial charge in [0.05, 0.1) is 17.5 Å². The van der Waals surface area contributed by atoms with Crippen molar-refractivity contribution in [2.45, 2.75) is 24.9 Å². The zero-order chi connectivity index (χ0) is 25.9. The normalized spacial score (nSPS) is 19.1. The number of fused-ring (bicyclic) bond motifs is 1. The molecule has 0 saturated carbocycles. The fraction of sp³-hybridized carbons (Fsp3) is 0.208. The van der Waals surface area contributed by atoms with E-state index in [1.807, 2.05) is 0 Å². The summed E-state index contributed by atoms with van der Waals surface area (Å²) in [5.74, 6) is -0.777. The fourth-order valence-corrected chi connectivity index (χ4v) is 4.18. The van der Waals surface area contributed by atoms with Gasteiger partial charge in [-0.1, -0.05) is 23.2 Å². The average molecular weight is 563 g/mol. The molecule has 10 nitrogen and oxygen atoms in total. The Balaban J connectivity index is 1.32. The van der Waals surface area contributed by atoms with E-state index in [2.05, 4.69) is 25.3 Å². The molecular weight excluding hydrogens is 545 g/mol. The van der Waals surface area contributed by atoms with Crippen molar-refractivity contribution in [2.75, 3.05) is 11.9 Å². The van der Waals surface area contributed by atoms with Gasteiger partial charge in [0.1, 0.15) is 30.6 Å². The molecule has 0 radical (unpaired) electrons. The maximum Gasteiger partial charge on any atom is 0.338 e. The number of carbonyl (C=O) groups excluding carboxylic acids is 2. The molecule has 37 heavy (non-hydrogen) atoms. The molecule has 2 aromatic heterocycles. The molecule has 3 heterocycles. The Morgan fingerprint density at radius 2 is 1.62 bits per heavy atom. The van der Waals surface area contributed by atoms with Crippen LogP contribution in [0.25, 0.3) is 11.2 Å². The van der Waals surface area contributed by atoms with Gasteiger partial charge in [0, 0.05) is 16.5 Å². The maximum atomic E-state index is 12.8. The number of anilines is 1. The van der Waals surface area contributed by atoms with Crippen LogP contribution in [0.4, 0.5) is 5.82 Å². The lowest BCUT2D eigenvalue weighted by molar-refractivity contribution is -0.0382. The third-order valence-corrected chi connectivity index (χ3v) is 6.23. The summed E-state index contributed by atoms with van der Waals surface area (Å²) < 4.78 is 17.2. The molecule has 1 aliphatic heterocycles. The van der Waals surface area contributed by atoms with E-state index < -0.39 is 30.4 Å². The number of esters is 2. The molecule has 1 aliphatic rings. The second-order valence-electron chi connectivity index (χ2n) is 8.04. The maximum absolute atomic E-state index is 12.8. The van der Waals surface area contributed by atoms with Gasteiger partial charge in [-0.15, -0.1) is 0 Å². The van der Waals surface area contributed by atoms with Crippen molar-refractivity contribution in [3.05, 3.63) is 81.3 Å². The van der Waals surface area contributed by atoms with E-state index in [1.165, 1.54) is 6.33 Å². The Hall–Kier alpha value is -3.44. The number of aromatic amines is 1. The van der Waals surface area contributed by atoms with Crippen molar-refractivity contribution in [3.8, 4) is 0 Å². The minimum atomic E-state index is -0.764. The van der Waals surface area contributed by atoms with Crippen LogP contribution in [0, 0.1) is 0 Å². The summed E-state index contributed by atoms with van der Waals surface area (Å²) in [5, 5.41) is 4.11. The summed E-state index contributed by atoms with van der Waals surface area (Å²) in [6.07, 6.45) is -0.459. The Morgan fingerprint density at radius 1 is 0.973 bits per heavy atom. The molecule has 4 aromatic rings. The van der Waals surface area contributed by atoms with Crippen LogP contribution in [-0.2, 0) is 14.2 Å². The van der Waals surface area contributed by atoms with Crippen molar-refractivity contribution in [3.63, 3.8) is 0 Å². The van der Waals surface area contributed by atoms with E-state index in [0.29, 0.717) is 38.2 Å². The van der Waals surface area contributed by atoms with Crippen molar-refractivity contribution in [2.24, 2.45) is 0 Å². The van der Waals surface area contributed by atoms with Crippen LogP contribution in [0.3, 0.4) is 0 Å². The molecule has 0 amide bonds. The second kappa shape index (κ2) is 10.9. The molecule has 1 fully saturated rings. The quantitative estimate of drug-likeness (QED) is 0.238. The topological polar surface area (TPSA) is 128 Å². The molecule has 0 aliphatic carbocycles. The number of rotatable bonds is 7. The monoisotopic (exact) mass is 561 g/mol. The summed E-state index contributed by atoms with van der Waals surface area (Å²) >= 11 is 17.8. The predicted octanol–water partition coefficient (Wildman–Crippen LogP) is 4.92. The SMILES string of the molecule is O=C(OC[C@H]1OC(Nc2nc(Cl)nc3nc[nH]c23)C[C@@H]1OC(=O)c1ccc(Cl)cc1)c1ccc(Cl)cc1. The standard InChI is InChI=1S/C24H18Cl3N5O5/c25-14-5-1-12(2-6-14)22(33)35-10-17-16(37-23(34)13-3-7-15(26)8-4-13)9-18(36-17)30-21-19-20(29-11-28-19)31-24(27)32-21/h1-8,11,16-18H,9-10H2,(H2,28,29,30,31,32)/t16-,17+,18?/m0/s1. The van der Waals surface area contributed by atoms with E-state index in [9.17, 15) is 9.59 Å². The van der Waals surface area contributed by atoms with Gasteiger partial charge >= 0.3 is 11.9 Å². The zero-order valence-electron chi connectivity index (χ0n) is 18.9. The van der Waals surface area contributed by atoms with Gasteiger partial charge in [-0.05, 0) is 60.1 Å². The third kappa shape index (κ3) is 5.94. The minimum absolute atomic E-state index is 0.000687. The van der Waals surface area contributed by atoms with E-state index in [-0.39, 0.29) is 18.3 Å². The van der Waals surface area contributed by atoms with E-state index in [0.717, 1.165) is 0 Å². The summed E-state index contributed by atoms with van der Waals surface area (Å²) in [6, 6.07) is 12.6. The highest BCUT2D eigenvalue weighted by Gasteiger charge is 2.39. The van der Waals surface area contributed by atoms with Crippen LogP contribution >= 0.6 is 34.8 Å². The third-order valence-electron chi connectivity index (χ3n) is 5.55. The zero-order valence-corrected chi connectivity index (χ0v) is 21.1. The number of hydrogen-bond donors (Lipinski definition) is 2. The van der Waals surface area contributed by atoms with Gasteiger partial charge in [0.15, 0.2) is 11.5 Å². The number of nitrogens with zero attached hydrogens (tertiary/aromatic N) is 3. The second-order valence-corrected chi connectivity index (χ2v) is 9.25. The first-order chi connectivity index (χ1) is 17.9. The molecule has 13 heteroatoms. The average Bonchev–Trinajstić information content (AvgIpc) is 3.50. The largest absolute Gasteiger partial charge is 0.459 e. The number of halogens is 3. The number of nitrogens with one attached hydrogen (secondary N) is 2. The smallest absolute Gasteiger partial charge is 0.338 e. The number of hydrogen-bond acceptors (Lipinski definition) is 9. The summed E-state index contributed by atoms with van der Waals surface area (Å²) in [5.41, 5.74) is 1.54. The number of H-pyrrole nitrogens is 1. The summed E-state index contributed by atoms with van der Waals surface area (Å²) in [4.78, 5) is 40.6. The van der Waals surface area contributed by atoms with Crippen molar-refractivity contribution in [1.82, 2.24) is 19.9 Å². The molecule has 2 N–H and O–H groups in total. The Bertz CT molecular complexity index is 1430. The molecular formula is C24H18Cl3N5O5. The molecule has 1 saturated heterocycles. The fourth-order valence-electron chi connectivity index (χ4n) is 3.76. The van der Waals surface area contributed by atoms with Gasteiger partial charge in [0.25, 0.3) is 0 Å². The van der Waals surface area contributed by atoms with Crippen LogP contribution < -0.4 is 5.32 Å². The van der Waals surface area contributed by atoms with E-state index in [1.54, 1.807) is 48.5 Å². The molecule has 3 atom stereocenters. The highest BCUT2D eigenvalue weighted by molar-refractivity contribution is 6.31. The predicted molar refractivity (Wildman–Crippen MR) is 136 cm³/mol. The van der Waals surface area contributed by atoms with Crippen LogP contribution in [0.5, 0.6) is 0 Å². The summed E-state index contributed by atoms with van der Waals surface area (Å²) in [6.45, 7) is -0.164. The first kappa shape index (κ1) is 25.2. The number of imidazole rings is 1. The number of carbonyl (C=O) groups is 2. The van der Waals surface area contributed by atoms with Crippen molar-refractivity contribution in [1.29, 1.82) is 0 Å². The molecule has 0 bridgehead atoms. The lowest BCUT2D eigenvalue weighted by Crippen LogP contribution is -2.32. The molecule has 5 rings (SSSR count). The van der Waals surface area contributed by atoms with Gasteiger partial charge in [-0.25, -0.2) is 14.6 Å². The molecule has 0 spiro atoms. The molecule has 1 unspecified atom stereocenters. The summed E-state index contributed by atoms with van der Waals surface area (Å²) in [7, 11) is 0. The van der Waals surface area contributed by atoms with Crippen LogP contribution in [0.2, 0.25) is 15.3 Å². The first-order valence-corrected chi connectivity index (χ1v) is 12.2. The van der Waals surface area contributed by atoms with E-state index in [4.69, 9.17) is 49.0 Å². The van der Waals surface area contributed by atoms with Crippen LogP contribution in [0.1, 0.15) is 27.1 Å². The van der Waals surface area contributed by atoms with Gasteiger partial charge < -0.3 is 24.5 Å². The lowest BCUT2D eigenvalue weighted by atomic mass is 10.1. The highest BCUT2D eigenvalue weighted by atomic mass is 35.5. The minimum Gasteiger partial charge on any atom is -0.459 e. The molecule has 190 valence electrons. The van der Waals surface area contributed by atoms with Crippen LogP contribution in [0.15, 0.2) is 54.9 Å². The van der Waals surface area contributed by atoms with Gasteiger partial charge in [-0.3, -0.25) is 0 Å². The first-order valence-electron chi connectivity index (χ1n) is 11.0. The van der Waals surface area contributed by atoms with Gasteiger partial charge in [0.2, 0.25) is 5.28 Å². The lowest BCUT2D eigenvalue weighted by Gasteiger charge is -2.19. The Labute approximate surface area is 225 Å². The molecule has 2 aromatic carbocycles. The van der Waals surface area contributed by atoms with Crippen LogP contribution in [-0.4, -0.2) is 56.9 Å². The van der Waals surface area contributed by atoms with Crippen molar-refractivity contribution >= 4 is 63.7 Å². The Kier molecular flexibility index (Phi) is 7.43. The van der Waals surface area contributed by atoms with Crippen molar-refractivity contribution < 1.29 is 23.8 Å². The van der Waals surface area contributed by atoms with E-state index >= 15 is 0 Å². The number of aromatic nitrogens is 4. The number of benzene rings is 2. The highest BCUT2D eigenvalue weighted by Crippen LogP contribution is 2.28. The Morgan fingerprint density at radius 3 is 2.30 bits per heavy atom.